The van der Waals surface area contributed by atoms with Crippen molar-refractivity contribution in [1.82, 2.24) is 5.32 Å². The third-order valence-corrected chi connectivity index (χ3v) is 4.10. The second-order valence-corrected chi connectivity index (χ2v) is 5.97. The highest BCUT2D eigenvalue weighted by Gasteiger charge is 2.10. The van der Waals surface area contributed by atoms with E-state index in [-0.39, 0.29) is 0 Å². The minimum atomic E-state index is 0.682. The van der Waals surface area contributed by atoms with E-state index in [4.69, 9.17) is 0 Å². The Kier molecular flexibility index (Phi) is 9.40. The van der Waals surface area contributed by atoms with E-state index in [1.807, 2.05) is 0 Å². The van der Waals surface area contributed by atoms with E-state index in [2.05, 4.69) is 50.4 Å². The van der Waals surface area contributed by atoms with E-state index >= 15 is 0 Å². The molecule has 1 N–H and O–H groups in total. The molecule has 1 aromatic carbocycles. The number of likely N-dealkylation sites (N-methyl/N-ethyl adjacent to an activating group) is 1. The highest BCUT2D eigenvalue weighted by Crippen LogP contribution is 2.23. The smallest absolute Gasteiger partial charge is 0.00200 e. The summed E-state index contributed by atoms with van der Waals surface area (Å²) >= 11 is 0. The quantitative estimate of drug-likeness (QED) is 0.530. The zero-order chi connectivity index (χ0) is 14.6. The van der Waals surface area contributed by atoms with Gasteiger partial charge in [-0.2, -0.15) is 0 Å². The number of unbranched alkanes of at least 4 members (excludes halogenated alkanes) is 5. The molecule has 114 valence electrons. The molecular weight excluding hydrogens is 242 g/mol. The van der Waals surface area contributed by atoms with Crippen molar-refractivity contribution in [3.63, 3.8) is 0 Å². The van der Waals surface area contributed by atoms with Crippen LogP contribution in [0.2, 0.25) is 0 Å². The van der Waals surface area contributed by atoms with Crippen LogP contribution in [0.15, 0.2) is 24.3 Å². The molecule has 0 bridgehead atoms. The first-order valence-corrected chi connectivity index (χ1v) is 8.55. The SMILES string of the molecule is CCCCCCCCC(CNCC)c1ccc(C)cc1. The normalized spacial score (nSPS) is 12.6. The Morgan fingerprint density at radius 3 is 2.20 bits per heavy atom. The number of rotatable bonds is 11. The topological polar surface area (TPSA) is 12.0 Å². The van der Waals surface area contributed by atoms with Crippen molar-refractivity contribution in [1.29, 1.82) is 0 Å². The van der Waals surface area contributed by atoms with Crippen LogP contribution in [0.3, 0.4) is 0 Å². The minimum Gasteiger partial charge on any atom is -0.316 e. The maximum Gasteiger partial charge on any atom is 0.00200 e. The summed E-state index contributed by atoms with van der Waals surface area (Å²) in [6, 6.07) is 9.12. The summed E-state index contributed by atoms with van der Waals surface area (Å²) in [5.74, 6) is 0.682. The lowest BCUT2D eigenvalue weighted by Gasteiger charge is -2.18. The van der Waals surface area contributed by atoms with Crippen LogP contribution in [-0.2, 0) is 0 Å². The van der Waals surface area contributed by atoms with E-state index < -0.39 is 0 Å². The molecule has 0 spiro atoms. The molecule has 1 aromatic rings. The average Bonchev–Trinajstić information content (AvgIpc) is 2.47. The lowest BCUT2D eigenvalue weighted by Crippen LogP contribution is -2.21. The van der Waals surface area contributed by atoms with Crippen molar-refractivity contribution in [2.24, 2.45) is 0 Å². The maximum atomic E-state index is 3.52. The number of hydrogen-bond donors (Lipinski definition) is 1. The fourth-order valence-electron chi connectivity index (χ4n) is 2.71. The van der Waals surface area contributed by atoms with Crippen LogP contribution in [0.5, 0.6) is 0 Å². The molecule has 0 aliphatic heterocycles. The molecule has 0 amide bonds. The van der Waals surface area contributed by atoms with Gasteiger partial charge in [0.25, 0.3) is 0 Å². The summed E-state index contributed by atoms with van der Waals surface area (Å²) in [7, 11) is 0. The second kappa shape index (κ2) is 10.9. The van der Waals surface area contributed by atoms with Crippen molar-refractivity contribution in [2.75, 3.05) is 13.1 Å². The first-order chi connectivity index (χ1) is 9.77. The van der Waals surface area contributed by atoms with Crippen LogP contribution in [-0.4, -0.2) is 13.1 Å². The molecule has 1 heteroatoms. The van der Waals surface area contributed by atoms with Crippen LogP contribution in [0.4, 0.5) is 0 Å². The Hall–Kier alpha value is -0.820. The number of hydrogen-bond acceptors (Lipinski definition) is 1. The molecule has 0 aliphatic rings. The molecule has 0 heterocycles. The van der Waals surface area contributed by atoms with Crippen LogP contribution >= 0.6 is 0 Å². The van der Waals surface area contributed by atoms with Gasteiger partial charge in [-0.05, 0) is 31.4 Å². The first kappa shape index (κ1) is 17.2. The van der Waals surface area contributed by atoms with Crippen molar-refractivity contribution in [2.45, 2.75) is 71.6 Å². The highest BCUT2D eigenvalue weighted by molar-refractivity contribution is 5.24. The van der Waals surface area contributed by atoms with E-state index in [9.17, 15) is 0 Å². The predicted octanol–water partition coefficient (Wildman–Crippen LogP) is 5.44. The lowest BCUT2D eigenvalue weighted by atomic mass is 9.92. The molecule has 1 unspecified atom stereocenters. The molecular formula is C19H33N. The van der Waals surface area contributed by atoms with Gasteiger partial charge >= 0.3 is 0 Å². The molecule has 0 aromatic heterocycles. The monoisotopic (exact) mass is 275 g/mol. The summed E-state index contributed by atoms with van der Waals surface area (Å²) in [5, 5.41) is 3.52. The van der Waals surface area contributed by atoms with Gasteiger partial charge in [0.15, 0.2) is 0 Å². The van der Waals surface area contributed by atoms with Crippen LogP contribution in [0, 0.1) is 6.92 Å². The number of nitrogens with one attached hydrogen (secondary N) is 1. The Bertz CT molecular complexity index is 328. The Morgan fingerprint density at radius 2 is 1.55 bits per heavy atom. The van der Waals surface area contributed by atoms with E-state index in [0.29, 0.717) is 5.92 Å². The van der Waals surface area contributed by atoms with Gasteiger partial charge < -0.3 is 5.32 Å². The highest BCUT2D eigenvalue weighted by atomic mass is 14.8. The molecule has 0 saturated heterocycles. The average molecular weight is 275 g/mol. The van der Waals surface area contributed by atoms with Gasteiger partial charge in [0.05, 0.1) is 0 Å². The molecule has 0 saturated carbocycles. The predicted molar refractivity (Wildman–Crippen MR) is 90.5 cm³/mol. The third-order valence-electron chi connectivity index (χ3n) is 4.10. The summed E-state index contributed by atoms with van der Waals surface area (Å²) in [5.41, 5.74) is 2.86. The van der Waals surface area contributed by atoms with Gasteiger partial charge in [-0.25, -0.2) is 0 Å². The molecule has 0 radical (unpaired) electrons. The Balaban J connectivity index is 2.37. The third kappa shape index (κ3) is 7.09. The zero-order valence-corrected chi connectivity index (χ0v) is 13.8. The summed E-state index contributed by atoms with van der Waals surface area (Å²) in [6.07, 6.45) is 9.66. The van der Waals surface area contributed by atoms with Crippen LogP contribution < -0.4 is 5.32 Å². The summed E-state index contributed by atoms with van der Waals surface area (Å²) < 4.78 is 0. The first-order valence-electron chi connectivity index (χ1n) is 8.55. The summed E-state index contributed by atoms with van der Waals surface area (Å²) in [6.45, 7) is 8.82. The van der Waals surface area contributed by atoms with E-state index in [1.54, 1.807) is 0 Å². The zero-order valence-electron chi connectivity index (χ0n) is 13.8. The maximum absolute atomic E-state index is 3.52. The molecule has 0 fully saturated rings. The largest absolute Gasteiger partial charge is 0.316 e. The van der Waals surface area contributed by atoms with Gasteiger partial charge in [0, 0.05) is 6.54 Å². The van der Waals surface area contributed by atoms with Crippen molar-refractivity contribution < 1.29 is 0 Å². The van der Waals surface area contributed by atoms with E-state index in [0.717, 1.165) is 13.1 Å². The standard InChI is InChI=1S/C19H33N/c1-4-6-7-8-9-10-11-19(16-20-5-2)18-14-12-17(3)13-15-18/h12-15,19-20H,4-11,16H2,1-3H3. The fraction of sp³-hybridized carbons (Fsp3) is 0.684. The van der Waals surface area contributed by atoms with Gasteiger partial charge in [0.1, 0.15) is 0 Å². The van der Waals surface area contributed by atoms with Gasteiger partial charge in [-0.15, -0.1) is 0 Å². The Morgan fingerprint density at radius 1 is 0.900 bits per heavy atom. The van der Waals surface area contributed by atoms with Crippen LogP contribution in [0.25, 0.3) is 0 Å². The molecule has 1 atom stereocenters. The molecule has 20 heavy (non-hydrogen) atoms. The number of benzene rings is 1. The van der Waals surface area contributed by atoms with Gasteiger partial charge in [0.2, 0.25) is 0 Å². The fourth-order valence-corrected chi connectivity index (χ4v) is 2.71. The molecule has 1 rings (SSSR count). The van der Waals surface area contributed by atoms with Crippen LogP contribution in [0.1, 0.15) is 75.8 Å². The van der Waals surface area contributed by atoms with Crippen molar-refractivity contribution in [3.8, 4) is 0 Å². The van der Waals surface area contributed by atoms with Crippen molar-refractivity contribution >= 4 is 0 Å². The van der Waals surface area contributed by atoms with Gasteiger partial charge in [-0.3, -0.25) is 0 Å². The second-order valence-electron chi connectivity index (χ2n) is 5.97. The Labute approximate surface area is 126 Å². The molecule has 1 nitrogen and oxygen atoms in total. The van der Waals surface area contributed by atoms with Crippen molar-refractivity contribution in [3.05, 3.63) is 35.4 Å². The van der Waals surface area contributed by atoms with E-state index in [1.165, 1.54) is 56.1 Å². The molecule has 0 aliphatic carbocycles. The van der Waals surface area contributed by atoms with Gasteiger partial charge in [-0.1, -0.05) is 82.2 Å². The minimum absolute atomic E-state index is 0.682. The summed E-state index contributed by atoms with van der Waals surface area (Å²) in [4.78, 5) is 0. The lowest BCUT2D eigenvalue weighted by molar-refractivity contribution is 0.512. The number of aryl methyl sites for hydroxylation is 1.